The van der Waals surface area contributed by atoms with Crippen molar-refractivity contribution < 1.29 is 13.9 Å². The number of hydrogen-bond acceptors (Lipinski definition) is 4. The topological polar surface area (TPSA) is 72.2 Å². The van der Waals surface area contributed by atoms with Gasteiger partial charge in [0.25, 0.3) is 5.91 Å². The van der Waals surface area contributed by atoms with Gasteiger partial charge in [-0.3, -0.25) is 10.1 Å². The summed E-state index contributed by atoms with van der Waals surface area (Å²) in [5, 5.41) is 7.03. The molecule has 0 spiro atoms. The van der Waals surface area contributed by atoms with Crippen LogP contribution >= 0.6 is 7.14 Å². The third-order valence-electron chi connectivity index (χ3n) is 2.62. The summed E-state index contributed by atoms with van der Waals surface area (Å²) in [4.78, 5) is 11.9. The molecule has 0 radical (unpaired) electrons. The van der Waals surface area contributed by atoms with E-state index in [4.69, 9.17) is 4.52 Å². The van der Waals surface area contributed by atoms with E-state index in [1.807, 2.05) is 0 Å². The van der Waals surface area contributed by atoms with Crippen molar-refractivity contribution in [3.8, 4) is 0 Å². The molecule has 0 saturated carbocycles. The van der Waals surface area contributed by atoms with Gasteiger partial charge in [-0.25, -0.2) is 0 Å². The number of benzene rings is 1. The van der Waals surface area contributed by atoms with Crippen molar-refractivity contribution in [2.45, 2.75) is 6.92 Å². The number of nitrogens with zero attached hydrogens (tertiary/aromatic N) is 1. The fourth-order valence-corrected chi connectivity index (χ4v) is 2.45. The Morgan fingerprint density at radius 1 is 1.26 bits per heavy atom. The Morgan fingerprint density at radius 3 is 2.37 bits per heavy atom. The highest BCUT2D eigenvalue weighted by atomic mass is 31.2. The van der Waals surface area contributed by atoms with Crippen LogP contribution in [0.15, 0.2) is 34.9 Å². The molecule has 1 aromatic heterocycles. The van der Waals surface area contributed by atoms with Crippen LogP contribution in [0.4, 0.5) is 5.88 Å². The van der Waals surface area contributed by atoms with Gasteiger partial charge in [0, 0.05) is 16.9 Å². The molecule has 19 heavy (non-hydrogen) atoms. The summed E-state index contributed by atoms with van der Waals surface area (Å²) in [5.41, 5.74) is 1.18. The number of rotatable bonds is 3. The minimum Gasteiger partial charge on any atom is -0.338 e. The van der Waals surface area contributed by atoms with E-state index in [0.717, 1.165) is 5.30 Å². The molecule has 1 amide bonds. The quantitative estimate of drug-likeness (QED) is 0.875. The maximum atomic E-state index is 11.9. The Kier molecular flexibility index (Phi) is 3.58. The summed E-state index contributed by atoms with van der Waals surface area (Å²) >= 11 is 0. The largest absolute Gasteiger partial charge is 0.338 e. The van der Waals surface area contributed by atoms with E-state index in [-0.39, 0.29) is 5.91 Å². The van der Waals surface area contributed by atoms with Gasteiger partial charge in [0.15, 0.2) is 0 Å². The number of amides is 1. The molecule has 2 rings (SSSR count). The molecule has 5 nitrogen and oxygen atoms in total. The molecule has 0 bridgehead atoms. The van der Waals surface area contributed by atoms with E-state index in [1.165, 1.54) is 0 Å². The lowest BCUT2D eigenvalue weighted by atomic mass is 10.2. The van der Waals surface area contributed by atoms with Crippen LogP contribution in [0, 0.1) is 6.92 Å². The van der Waals surface area contributed by atoms with Crippen molar-refractivity contribution in [2.24, 2.45) is 0 Å². The van der Waals surface area contributed by atoms with Crippen LogP contribution in [0.5, 0.6) is 0 Å². The normalized spacial score (nSPS) is 11.3. The van der Waals surface area contributed by atoms with E-state index in [1.54, 1.807) is 50.6 Å². The Balaban J connectivity index is 2.14. The van der Waals surface area contributed by atoms with Gasteiger partial charge in [-0.2, -0.15) is 0 Å². The highest BCUT2D eigenvalue weighted by molar-refractivity contribution is 7.70. The fraction of sp³-hybridized carbons (Fsp3) is 0.231. The van der Waals surface area contributed by atoms with E-state index in [9.17, 15) is 9.36 Å². The molecule has 0 saturated heterocycles. The van der Waals surface area contributed by atoms with Gasteiger partial charge in [-0.1, -0.05) is 17.3 Å². The van der Waals surface area contributed by atoms with Gasteiger partial charge in [0.05, 0.1) is 5.69 Å². The van der Waals surface area contributed by atoms with Crippen molar-refractivity contribution in [3.63, 3.8) is 0 Å². The van der Waals surface area contributed by atoms with Crippen molar-refractivity contribution in [1.29, 1.82) is 0 Å². The summed E-state index contributed by atoms with van der Waals surface area (Å²) in [6.07, 6.45) is 0. The van der Waals surface area contributed by atoms with E-state index < -0.39 is 7.14 Å². The molecule has 0 unspecified atom stereocenters. The summed E-state index contributed by atoms with van der Waals surface area (Å²) in [6.45, 7) is 5.16. The van der Waals surface area contributed by atoms with Crippen LogP contribution in [0.1, 0.15) is 16.1 Å². The van der Waals surface area contributed by atoms with Gasteiger partial charge in [-0.05, 0) is 32.4 Å². The maximum Gasteiger partial charge on any atom is 0.258 e. The summed E-state index contributed by atoms with van der Waals surface area (Å²) < 4.78 is 16.8. The molecular weight excluding hydrogens is 263 g/mol. The Morgan fingerprint density at radius 2 is 1.89 bits per heavy atom. The van der Waals surface area contributed by atoms with Gasteiger partial charge in [0.1, 0.15) is 7.14 Å². The standard InChI is InChI=1S/C13H15N2O3P/c1-9-8-12(18-15-9)14-13(16)10-4-6-11(7-5-10)19(2,3)17/h4-8H,1-3H3,(H,14,16). The number of aryl methyl sites for hydroxylation is 1. The first kappa shape index (κ1) is 13.6. The lowest BCUT2D eigenvalue weighted by molar-refractivity contribution is 0.102. The minimum atomic E-state index is -2.29. The molecule has 2 aromatic rings. The van der Waals surface area contributed by atoms with E-state index in [0.29, 0.717) is 17.1 Å². The maximum absolute atomic E-state index is 11.9. The lowest BCUT2D eigenvalue weighted by Crippen LogP contribution is -2.12. The van der Waals surface area contributed by atoms with Gasteiger partial charge < -0.3 is 9.09 Å². The second-order valence-electron chi connectivity index (χ2n) is 4.68. The Labute approximate surface area is 111 Å². The third kappa shape index (κ3) is 3.32. The smallest absolute Gasteiger partial charge is 0.258 e. The molecule has 6 heteroatoms. The number of hydrogen-bond donors (Lipinski definition) is 1. The number of anilines is 1. The van der Waals surface area contributed by atoms with Crippen LogP contribution in [0.2, 0.25) is 0 Å². The summed E-state index contributed by atoms with van der Waals surface area (Å²) in [5.74, 6) is 0.0213. The first-order valence-corrected chi connectivity index (χ1v) is 8.36. The molecule has 1 aromatic carbocycles. The molecular formula is C13H15N2O3P. The fourth-order valence-electron chi connectivity index (χ4n) is 1.58. The molecule has 1 heterocycles. The van der Waals surface area contributed by atoms with Crippen molar-refractivity contribution >= 4 is 24.2 Å². The van der Waals surface area contributed by atoms with Gasteiger partial charge >= 0.3 is 0 Å². The molecule has 0 aliphatic carbocycles. The predicted molar refractivity (Wildman–Crippen MR) is 74.7 cm³/mol. The zero-order chi connectivity index (χ0) is 14.0. The van der Waals surface area contributed by atoms with Crippen LogP contribution in [-0.2, 0) is 4.57 Å². The van der Waals surface area contributed by atoms with Crippen LogP contribution in [0.3, 0.4) is 0 Å². The first-order chi connectivity index (χ1) is 8.86. The highest BCUT2D eigenvalue weighted by Crippen LogP contribution is 2.34. The number of carbonyl (C=O) groups excluding carboxylic acids is 1. The summed E-state index contributed by atoms with van der Waals surface area (Å²) in [6, 6.07) is 8.35. The van der Waals surface area contributed by atoms with Crippen molar-refractivity contribution in [3.05, 3.63) is 41.6 Å². The van der Waals surface area contributed by atoms with Crippen LogP contribution in [-0.4, -0.2) is 24.4 Å². The van der Waals surface area contributed by atoms with Gasteiger partial charge in [-0.15, -0.1) is 0 Å². The average Bonchev–Trinajstić information content (AvgIpc) is 2.74. The second kappa shape index (κ2) is 5.02. The minimum absolute atomic E-state index is 0.287. The second-order valence-corrected chi connectivity index (χ2v) is 7.90. The van der Waals surface area contributed by atoms with Gasteiger partial charge in [0.2, 0.25) is 5.88 Å². The average molecular weight is 278 g/mol. The first-order valence-electron chi connectivity index (χ1n) is 5.76. The molecule has 0 atom stereocenters. The zero-order valence-corrected chi connectivity index (χ0v) is 11.9. The van der Waals surface area contributed by atoms with E-state index >= 15 is 0 Å². The Hall–Kier alpha value is -1.87. The molecule has 0 aliphatic heterocycles. The Bertz CT molecular complexity index is 640. The molecule has 1 N–H and O–H groups in total. The number of carbonyl (C=O) groups is 1. The van der Waals surface area contributed by atoms with E-state index in [2.05, 4.69) is 10.5 Å². The SMILES string of the molecule is Cc1cc(NC(=O)c2ccc(P(C)(C)=O)cc2)on1. The predicted octanol–water partition coefficient (Wildman–Crippen LogP) is 2.48. The molecule has 0 fully saturated rings. The lowest BCUT2D eigenvalue weighted by Gasteiger charge is -2.07. The molecule has 0 aliphatic rings. The summed E-state index contributed by atoms with van der Waals surface area (Å²) in [7, 11) is -2.29. The van der Waals surface area contributed by atoms with Crippen LogP contribution < -0.4 is 10.6 Å². The number of aromatic nitrogens is 1. The van der Waals surface area contributed by atoms with Crippen LogP contribution in [0.25, 0.3) is 0 Å². The molecule has 100 valence electrons. The highest BCUT2D eigenvalue weighted by Gasteiger charge is 2.13. The third-order valence-corrected chi connectivity index (χ3v) is 4.16. The monoisotopic (exact) mass is 278 g/mol. The zero-order valence-electron chi connectivity index (χ0n) is 11.0. The van der Waals surface area contributed by atoms with Crippen molar-refractivity contribution in [2.75, 3.05) is 18.6 Å². The van der Waals surface area contributed by atoms with Crippen molar-refractivity contribution in [1.82, 2.24) is 5.16 Å². The number of nitrogens with one attached hydrogen (secondary N) is 1.